The molecule has 0 saturated heterocycles. The standard InChI is InChI=1S/C15H20F2O/c1-15(2,3)8-11-12(16)6-7-13(17)14(11)18-9-10-4-5-10/h6-7,10H,4-5,8-9H2,1-3H3. The predicted octanol–water partition coefficient (Wildman–Crippen LogP) is 4.34. The Kier molecular flexibility index (Phi) is 3.60. The molecule has 0 N–H and O–H groups in total. The molecular formula is C15H20F2O. The van der Waals surface area contributed by atoms with Gasteiger partial charge in [-0.05, 0) is 42.7 Å². The van der Waals surface area contributed by atoms with Crippen molar-refractivity contribution in [3.8, 4) is 5.75 Å². The topological polar surface area (TPSA) is 9.23 Å². The largest absolute Gasteiger partial charge is 0.490 e. The summed E-state index contributed by atoms with van der Waals surface area (Å²) in [4.78, 5) is 0. The van der Waals surface area contributed by atoms with Crippen LogP contribution in [0.25, 0.3) is 0 Å². The fourth-order valence-corrected chi connectivity index (χ4v) is 1.91. The Hall–Kier alpha value is -1.12. The monoisotopic (exact) mass is 254 g/mol. The summed E-state index contributed by atoms with van der Waals surface area (Å²) in [6.45, 7) is 6.50. The van der Waals surface area contributed by atoms with E-state index in [9.17, 15) is 8.78 Å². The highest BCUT2D eigenvalue weighted by atomic mass is 19.1. The lowest BCUT2D eigenvalue weighted by molar-refractivity contribution is 0.274. The lowest BCUT2D eigenvalue weighted by atomic mass is 9.87. The van der Waals surface area contributed by atoms with Gasteiger partial charge in [-0.15, -0.1) is 0 Å². The van der Waals surface area contributed by atoms with E-state index >= 15 is 0 Å². The number of rotatable bonds is 4. The summed E-state index contributed by atoms with van der Waals surface area (Å²) in [5.41, 5.74) is 0.259. The first kappa shape index (κ1) is 13.3. The number of hydrogen-bond donors (Lipinski definition) is 0. The lowest BCUT2D eigenvalue weighted by Crippen LogP contribution is -2.14. The second-order valence-electron chi connectivity index (χ2n) is 6.33. The third kappa shape index (κ3) is 3.44. The Morgan fingerprint density at radius 3 is 2.33 bits per heavy atom. The Morgan fingerprint density at radius 2 is 1.78 bits per heavy atom. The van der Waals surface area contributed by atoms with Gasteiger partial charge in [0.05, 0.1) is 6.61 Å². The van der Waals surface area contributed by atoms with Crippen LogP contribution in [-0.4, -0.2) is 6.61 Å². The van der Waals surface area contributed by atoms with Gasteiger partial charge >= 0.3 is 0 Å². The van der Waals surface area contributed by atoms with E-state index < -0.39 is 5.82 Å². The third-order valence-corrected chi connectivity index (χ3v) is 3.02. The molecule has 0 radical (unpaired) electrons. The highest BCUT2D eigenvalue weighted by molar-refractivity contribution is 5.37. The van der Waals surface area contributed by atoms with E-state index in [0.717, 1.165) is 18.9 Å². The van der Waals surface area contributed by atoms with Crippen molar-refractivity contribution < 1.29 is 13.5 Å². The van der Waals surface area contributed by atoms with E-state index in [-0.39, 0.29) is 17.0 Å². The van der Waals surface area contributed by atoms with Gasteiger partial charge < -0.3 is 4.74 Å². The van der Waals surface area contributed by atoms with Gasteiger partial charge in [0.1, 0.15) is 5.82 Å². The van der Waals surface area contributed by atoms with Gasteiger partial charge in [-0.3, -0.25) is 0 Å². The minimum absolute atomic E-state index is 0.105. The summed E-state index contributed by atoms with van der Waals surface area (Å²) < 4.78 is 33.1. The van der Waals surface area contributed by atoms with Crippen LogP contribution < -0.4 is 4.74 Å². The van der Waals surface area contributed by atoms with Crippen LogP contribution >= 0.6 is 0 Å². The Bertz CT molecular complexity index is 431. The number of hydrogen-bond acceptors (Lipinski definition) is 1. The maximum absolute atomic E-state index is 13.9. The molecule has 0 aromatic heterocycles. The molecule has 1 nitrogen and oxygen atoms in total. The SMILES string of the molecule is CC(C)(C)Cc1c(F)ccc(F)c1OCC1CC1. The van der Waals surface area contributed by atoms with Crippen LogP contribution in [0.2, 0.25) is 0 Å². The Morgan fingerprint density at radius 1 is 1.17 bits per heavy atom. The van der Waals surface area contributed by atoms with Crippen molar-refractivity contribution in [2.45, 2.75) is 40.0 Å². The molecule has 18 heavy (non-hydrogen) atoms. The smallest absolute Gasteiger partial charge is 0.165 e. The summed E-state index contributed by atoms with van der Waals surface area (Å²) in [5, 5.41) is 0. The average Bonchev–Trinajstić information content (AvgIpc) is 3.05. The molecule has 0 heterocycles. The summed E-state index contributed by atoms with van der Waals surface area (Å²) in [5.74, 6) is -0.208. The average molecular weight is 254 g/mol. The van der Waals surface area contributed by atoms with Crippen molar-refractivity contribution in [2.75, 3.05) is 6.61 Å². The molecule has 1 saturated carbocycles. The van der Waals surface area contributed by atoms with Gasteiger partial charge in [0, 0.05) is 5.56 Å². The van der Waals surface area contributed by atoms with Gasteiger partial charge in [-0.1, -0.05) is 20.8 Å². The molecule has 1 aromatic rings. The highest BCUT2D eigenvalue weighted by Crippen LogP contribution is 2.34. The van der Waals surface area contributed by atoms with Gasteiger partial charge in [-0.2, -0.15) is 0 Å². The first-order chi connectivity index (χ1) is 8.37. The molecule has 0 amide bonds. The van der Waals surface area contributed by atoms with Gasteiger partial charge in [-0.25, -0.2) is 8.78 Å². The minimum Gasteiger partial charge on any atom is -0.490 e. The summed E-state index contributed by atoms with van der Waals surface area (Å²) in [7, 11) is 0. The maximum Gasteiger partial charge on any atom is 0.165 e. The van der Waals surface area contributed by atoms with Crippen LogP contribution in [0.1, 0.15) is 39.2 Å². The van der Waals surface area contributed by atoms with Crippen LogP contribution in [0.15, 0.2) is 12.1 Å². The molecule has 0 spiro atoms. The molecular weight excluding hydrogens is 234 g/mol. The summed E-state index contributed by atoms with van der Waals surface area (Å²) in [6, 6.07) is 2.32. The molecule has 0 bridgehead atoms. The van der Waals surface area contributed by atoms with Crippen LogP contribution in [0.5, 0.6) is 5.75 Å². The zero-order chi connectivity index (χ0) is 13.3. The first-order valence-corrected chi connectivity index (χ1v) is 6.46. The van der Waals surface area contributed by atoms with Crippen LogP contribution in [0.3, 0.4) is 0 Å². The van der Waals surface area contributed by atoms with Crippen molar-refractivity contribution in [2.24, 2.45) is 11.3 Å². The molecule has 0 aliphatic heterocycles. The second-order valence-corrected chi connectivity index (χ2v) is 6.33. The predicted molar refractivity (Wildman–Crippen MR) is 67.7 cm³/mol. The van der Waals surface area contributed by atoms with E-state index in [1.54, 1.807) is 0 Å². The Labute approximate surface area is 107 Å². The van der Waals surface area contributed by atoms with Gasteiger partial charge in [0.25, 0.3) is 0 Å². The summed E-state index contributed by atoms with van der Waals surface area (Å²) >= 11 is 0. The van der Waals surface area contributed by atoms with Crippen LogP contribution in [0.4, 0.5) is 8.78 Å². The molecule has 100 valence electrons. The normalized spacial score (nSPS) is 15.8. The lowest BCUT2D eigenvalue weighted by Gasteiger charge is -2.21. The molecule has 0 atom stereocenters. The molecule has 0 unspecified atom stereocenters. The third-order valence-electron chi connectivity index (χ3n) is 3.02. The van der Waals surface area contributed by atoms with E-state index in [4.69, 9.17) is 4.74 Å². The minimum atomic E-state index is -0.462. The van der Waals surface area contributed by atoms with Crippen molar-refractivity contribution in [3.63, 3.8) is 0 Å². The van der Waals surface area contributed by atoms with E-state index in [1.807, 2.05) is 20.8 Å². The molecule has 1 fully saturated rings. The first-order valence-electron chi connectivity index (χ1n) is 6.46. The molecule has 3 heteroatoms. The molecule has 1 aromatic carbocycles. The van der Waals surface area contributed by atoms with Crippen molar-refractivity contribution in [1.29, 1.82) is 0 Å². The van der Waals surface area contributed by atoms with Crippen LogP contribution in [0, 0.1) is 23.0 Å². The van der Waals surface area contributed by atoms with E-state index in [2.05, 4.69) is 0 Å². The van der Waals surface area contributed by atoms with Crippen LogP contribution in [-0.2, 0) is 6.42 Å². The second kappa shape index (κ2) is 4.87. The van der Waals surface area contributed by atoms with Gasteiger partial charge in [0.15, 0.2) is 11.6 Å². The number of halogens is 2. The van der Waals surface area contributed by atoms with E-state index in [0.29, 0.717) is 24.5 Å². The molecule has 1 aliphatic carbocycles. The zero-order valence-electron chi connectivity index (χ0n) is 11.2. The number of ether oxygens (including phenoxy) is 1. The Balaban J connectivity index is 2.24. The molecule has 2 rings (SSSR count). The fourth-order valence-electron chi connectivity index (χ4n) is 1.91. The summed E-state index contributed by atoms with van der Waals surface area (Å²) in [6.07, 6.45) is 2.73. The highest BCUT2D eigenvalue weighted by Gasteiger charge is 2.25. The van der Waals surface area contributed by atoms with Crippen molar-refractivity contribution in [1.82, 2.24) is 0 Å². The number of benzene rings is 1. The quantitative estimate of drug-likeness (QED) is 0.776. The fraction of sp³-hybridized carbons (Fsp3) is 0.600. The van der Waals surface area contributed by atoms with Crippen molar-refractivity contribution in [3.05, 3.63) is 29.3 Å². The van der Waals surface area contributed by atoms with E-state index in [1.165, 1.54) is 6.07 Å². The zero-order valence-corrected chi connectivity index (χ0v) is 11.2. The molecule has 1 aliphatic rings. The van der Waals surface area contributed by atoms with Crippen molar-refractivity contribution >= 4 is 0 Å². The van der Waals surface area contributed by atoms with Gasteiger partial charge in [0.2, 0.25) is 0 Å². The maximum atomic E-state index is 13.9.